The van der Waals surface area contributed by atoms with E-state index < -0.39 is 21.5 Å². The van der Waals surface area contributed by atoms with Crippen molar-refractivity contribution in [2.24, 2.45) is 0 Å². The van der Waals surface area contributed by atoms with Crippen molar-refractivity contribution in [1.29, 1.82) is 0 Å². The van der Waals surface area contributed by atoms with Crippen LogP contribution in [0.3, 0.4) is 0 Å². The fraction of sp³-hybridized carbons (Fsp3) is 0.360. The summed E-state index contributed by atoms with van der Waals surface area (Å²) in [5, 5.41) is 9.65. The highest BCUT2D eigenvalue weighted by Gasteiger charge is 2.26. The fourth-order valence-corrected chi connectivity index (χ4v) is 5.73. The van der Waals surface area contributed by atoms with Crippen LogP contribution in [0.2, 0.25) is 5.15 Å². The van der Waals surface area contributed by atoms with Gasteiger partial charge in [0.2, 0.25) is 10.0 Å². The fourth-order valence-electron chi connectivity index (χ4n) is 3.75. The van der Waals surface area contributed by atoms with E-state index in [9.17, 15) is 18.3 Å². The second kappa shape index (κ2) is 10.3. The Hall–Kier alpha value is -2.68. The minimum Gasteiger partial charge on any atom is -0.476 e. The number of hydrogen-bond donors (Lipinski definition) is 2. The molecule has 3 aromatic rings. The number of aromatic carboxylic acids is 1. The molecule has 0 aliphatic heterocycles. The molecule has 1 aromatic heterocycles. The van der Waals surface area contributed by atoms with Crippen molar-refractivity contribution in [2.45, 2.75) is 63.9 Å². The van der Waals surface area contributed by atoms with Crippen molar-refractivity contribution < 1.29 is 18.3 Å². The number of benzene rings is 2. The van der Waals surface area contributed by atoms with Crippen LogP contribution in [0, 0.1) is 0 Å². The largest absolute Gasteiger partial charge is 0.476 e. The van der Waals surface area contributed by atoms with Gasteiger partial charge < -0.3 is 9.67 Å². The van der Waals surface area contributed by atoms with Crippen molar-refractivity contribution in [1.82, 2.24) is 14.3 Å². The molecule has 0 saturated heterocycles. The lowest BCUT2D eigenvalue weighted by Crippen LogP contribution is -2.40. The molecule has 3 rings (SSSR count). The molecular weight excluding hydrogens is 474 g/mol. The van der Waals surface area contributed by atoms with Gasteiger partial charge in [0.15, 0.2) is 10.8 Å². The summed E-state index contributed by atoms with van der Waals surface area (Å²) in [4.78, 5) is 16.3. The summed E-state index contributed by atoms with van der Waals surface area (Å²) >= 11 is 6.15. The predicted molar refractivity (Wildman–Crippen MR) is 134 cm³/mol. The molecule has 34 heavy (non-hydrogen) atoms. The third kappa shape index (κ3) is 6.05. The summed E-state index contributed by atoms with van der Waals surface area (Å²) in [5.41, 5.74) is 1.18. The van der Waals surface area contributed by atoms with Crippen LogP contribution in [-0.2, 0) is 23.0 Å². The molecule has 0 aliphatic carbocycles. The lowest BCUT2D eigenvalue weighted by Gasteiger charge is -2.22. The maximum Gasteiger partial charge on any atom is 0.355 e. The first-order chi connectivity index (χ1) is 15.9. The highest BCUT2D eigenvalue weighted by Crippen LogP contribution is 2.30. The van der Waals surface area contributed by atoms with E-state index in [1.807, 2.05) is 43.3 Å². The molecule has 0 saturated carbocycles. The maximum absolute atomic E-state index is 13.4. The Morgan fingerprint density at radius 3 is 2.41 bits per heavy atom. The zero-order valence-corrected chi connectivity index (χ0v) is 21.4. The predicted octanol–water partition coefficient (Wildman–Crippen LogP) is 5.37. The van der Waals surface area contributed by atoms with Gasteiger partial charge in [-0.25, -0.2) is 22.9 Å². The molecule has 2 N–H and O–H groups in total. The van der Waals surface area contributed by atoms with Gasteiger partial charge in [0, 0.05) is 24.1 Å². The van der Waals surface area contributed by atoms with Gasteiger partial charge in [-0.2, -0.15) is 0 Å². The molecule has 2 aromatic carbocycles. The van der Waals surface area contributed by atoms with E-state index in [2.05, 4.69) is 9.71 Å². The standard InChI is InChI=1S/C25H30ClN3O4S/c1-5-6-12-21-27-23(26)22(24(30)31)29(21)16-17-13-14-19(18-10-8-7-9-11-18)20(15-17)34(32,33)28-25(2,3)4/h7-11,13-15,28H,5-6,12,16H2,1-4H3,(H,30,31). The first-order valence-electron chi connectivity index (χ1n) is 11.1. The van der Waals surface area contributed by atoms with Crippen LogP contribution in [0.4, 0.5) is 0 Å². The van der Waals surface area contributed by atoms with Gasteiger partial charge >= 0.3 is 5.97 Å². The van der Waals surface area contributed by atoms with Crippen molar-refractivity contribution >= 4 is 27.6 Å². The number of carbonyl (C=O) groups is 1. The summed E-state index contributed by atoms with van der Waals surface area (Å²) in [6.07, 6.45) is 2.32. The zero-order valence-electron chi connectivity index (χ0n) is 19.8. The van der Waals surface area contributed by atoms with Crippen LogP contribution in [0.5, 0.6) is 0 Å². The van der Waals surface area contributed by atoms with E-state index in [0.29, 0.717) is 23.4 Å². The summed E-state index contributed by atoms with van der Waals surface area (Å²) in [6.45, 7) is 7.51. The third-order valence-electron chi connectivity index (χ3n) is 5.16. The topological polar surface area (TPSA) is 101 Å². The Kier molecular flexibility index (Phi) is 7.85. The Bertz CT molecular complexity index is 1280. The lowest BCUT2D eigenvalue weighted by molar-refractivity contribution is 0.0685. The second-order valence-corrected chi connectivity index (χ2v) is 11.2. The molecule has 0 aliphatic rings. The lowest BCUT2D eigenvalue weighted by atomic mass is 10.0. The number of imidazole rings is 1. The average molecular weight is 504 g/mol. The van der Waals surface area contributed by atoms with E-state index in [4.69, 9.17) is 11.6 Å². The molecule has 0 atom stereocenters. The minimum atomic E-state index is -3.87. The molecule has 1 heterocycles. The molecule has 0 bridgehead atoms. The number of nitrogens with one attached hydrogen (secondary N) is 1. The van der Waals surface area contributed by atoms with Crippen LogP contribution in [0.1, 0.15) is 62.4 Å². The number of carboxylic acid groups (broad SMARTS) is 1. The number of sulfonamides is 1. The quantitative estimate of drug-likeness (QED) is 0.408. The maximum atomic E-state index is 13.4. The van der Waals surface area contributed by atoms with Crippen LogP contribution >= 0.6 is 11.6 Å². The molecular formula is C25H30ClN3O4S. The van der Waals surface area contributed by atoms with Crippen LogP contribution in [0.15, 0.2) is 53.4 Å². The summed E-state index contributed by atoms with van der Waals surface area (Å²) in [6, 6.07) is 14.4. The van der Waals surface area contributed by atoms with Crippen molar-refractivity contribution in [3.63, 3.8) is 0 Å². The van der Waals surface area contributed by atoms with Crippen LogP contribution < -0.4 is 4.72 Å². The van der Waals surface area contributed by atoms with E-state index in [1.165, 1.54) is 0 Å². The van der Waals surface area contributed by atoms with Gasteiger partial charge in [-0.3, -0.25) is 0 Å². The molecule has 0 amide bonds. The Balaban J connectivity index is 2.14. The number of aromatic nitrogens is 2. The second-order valence-electron chi connectivity index (χ2n) is 9.21. The number of hydrogen-bond acceptors (Lipinski definition) is 4. The first kappa shape index (κ1) is 25.9. The number of nitrogens with zero attached hydrogens (tertiary/aromatic N) is 2. The molecule has 9 heteroatoms. The molecule has 7 nitrogen and oxygen atoms in total. The number of unbranched alkanes of at least 4 members (excludes halogenated alkanes) is 1. The smallest absolute Gasteiger partial charge is 0.355 e. The molecule has 0 radical (unpaired) electrons. The highest BCUT2D eigenvalue weighted by atomic mass is 35.5. The van der Waals surface area contributed by atoms with E-state index >= 15 is 0 Å². The SMILES string of the molecule is CCCCc1nc(Cl)c(C(=O)O)n1Cc1ccc(-c2ccccc2)c(S(=O)(=O)NC(C)(C)C)c1. The summed E-state index contributed by atoms with van der Waals surface area (Å²) in [7, 11) is -3.87. The van der Waals surface area contributed by atoms with Gasteiger partial charge in [-0.05, 0) is 44.4 Å². The summed E-state index contributed by atoms with van der Waals surface area (Å²) < 4.78 is 31.1. The highest BCUT2D eigenvalue weighted by molar-refractivity contribution is 7.89. The third-order valence-corrected chi connectivity index (χ3v) is 7.22. The molecule has 0 spiro atoms. The molecule has 0 fully saturated rings. The molecule has 0 unspecified atom stereocenters. The average Bonchev–Trinajstić information content (AvgIpc) is 3.06. The Morgan fingerprint density at radius 2 is 1.82 bits per heavy atom. The van der Waals surface area contributed by atoms with Gasteiger partial charge in [-0.1, -0.05) is 67.4 Å². The van der Waals surface area contributed by atoms with Crippen LogP contribution in [0.25, 0.3) is 11.1 Å². The minimum absolute atomic E-state index is 0.0678. The van der Waals surface area contributed by atoms with E-state index in [-0.39, 0.29) is 22.3 Å². The molecule has 182 valence electrons. The Morgan fingerprint density at radius 1 is 1.15 bits per heavy atom. The van der Waals surface area contributed by atoms with Gasteiger partial charge in [0.05, 0.1) is 4.90 Å². The number of halogens is 1. The van der Waals surface area contributed by atoms with Crippen molar-refractivity contribution in [3.05, 3.63) is 70.8 Å². The van der Waals surface area contributed by atoms with Gasteiger partial charge in [-0.15, -0.1) is 0 Å². The van der Waals surface area contributed by atoms with Gasteiger partial charge in [0.25, 0.3) is 0 Å². The normalized spacial score (nSPS) is 12.1. The van der Waals surface area contributed by atoms with Gasteiger partial charge in [0.1, 0.15) is 5.82 Å². The van der Waals surface area contributed by atoms with Crippen molar-refractivity contribution in [2.75, 3.05) is 0 Å². The first-order valence-corrected chi connectivity index (χ1v) is 13.0. The zero-order chi connectivity index (χ0) is 25.1. The van der Waals surface area contributed by atoms with E-state index in [0.717, 1.165) is 18.4 Å². The number of aryl methyl sites for hydroxylation is 1. The van der Waals surface area contributed by atoms with E-state index in [1.54, 1.807) is 37.5 Å². The monoisotopic (exact) mass is 503 g/mol. The van der Waals surface area contributed by atoms with Crippen molar-refractivity contribution in [3.8, 4) is 11.1 Å². The number of rotatable bonds is 9. The number of carboxylic acids is 1. The summed E-state index contributed by atoms with van der Waals surface area (Å²) in [5.74, 6) is -0.614. The van der Waals surface area contributed by atoms with Crippen LogP contribution in [-0.4, -0.2) is 34.6 Å². The Labute approximate surface area is 205 Å².